The summed E-state index contributed by atoms with van der Waals surface area (Å²) < 4.78 is 10.7. The molecule has 3 nitrogen and oxygen atoms in total. The van der Waals surface area contributed by atoms with Crippen LogP contribution in [0.4, 0.5) is 0 Å². The quantitative estimate of drug-likeness (QED) is 0.684. The third kappa shape index (κ3) is 1.46. The first-order valence-electron chi connectivity index (χ1n) is 4.15. The predicted molar refractivity (Wildman–Crippen MR) is 48.7 cm³/mol. The lowest BCUT2D eigenvalue weighted by molar-refractivity contribution is 0.0646. The zero-order valence-electron chi connectivity index (χ0n) is 7.34. The summed E-state index contributed by atoms with van der Waals surface area (Å²) in [5.74, 6) is 0.683. The molecule has 12 heavy (non-hydrogen) atoms. The molecule has 2 aliphatic heterocycles. The highest BCUT2D eigenvalue weighted by atomic mass is 35.5. The van der Waals surface area contributed by atoms with Crippen molar-refractivity contribution in [2.75, 3.05) is 40.0 Å². The molecule has 0 spiro atoms. The fourth-order valence-corrected chi connectivity index (χ4v) is 2.16. The minimum atomic E-state index is 0. The smallest absolute Gasteiger partial charge is 0.0560 e. The summed E-state index contributed by atoms with van der Waals surface area (Å²) in [5, 5.41) is 3.39. The normalized spacial score (nSPS) is 39.2. The van der Waals surface area contributed by atoms with Gasteiger partial charge in [0.05, 0.1) is 19.8 Å². The Morgan fingerprint density at radius 2 is 2.50 bits per heavy atom. The first-order chi connectivity index (χ1) is 5.37. The molecule has 0 unspecified atom stereocenters. The molecule has 0 radical (unpaired) electrons. The second-order valence-electron chi connectivity index (χ2n) is 3.64. The first-order valence-corrected chi connectivity index (χ1v) is 4.15. The van der Waals surface area contributed by atoms with Crippen molar-refractivity contribution >= 4 is 12.4 Å². The van der Waals surface area contributed by atoms with Gasteiger partial charge in [-0.1, -0.05) is 0 Å². The monoisotopic (exact) mass is 193 g/mol. The van der Waals surface area contributed by atoms with E-state index in [1.807, 2.05) is 0 Å². The summed E-state index contributed by atoms with van der Waals surface area (Å²) in [7, 11) is 1.77. The number of methoxy groups -OCH3 is 1. The molecule has 1 N–H and O–H groups in total. The molecule has 2 fully saturated rings. The average molecular weight is 194 g/mol. The van der Waals surface area contributed by atoms with Crippen LogP contribution in [0.5, 0.6) is 0 Å². The van der Waals surface area contributed by atoms with Gasteiger partial charge in [-0.15, -0.1) is 12.4 Å². The molecule has 0 amide bonds. The summed E-state index contributed by atoms with van der Waals surface area (Å²) >= 11 is 0. The van der Waals surface area contributed by atoms with E-state index in [-0.39, 0.29) is 12.4 Å². The molecule has 2 heterocycles. The summed E-state index contributed by atoms with van der Waals surface area (Å²) in [6.45, 7) is 4.79. The Balaban J connectivity index is 0.000000720. The van der Waals surface area contributed by atoms with Gasteiger partial charge in [0, 0.05) is 31.5 Å². The number of hydrogen-bond acceptors (Lipinski definition) is 3. The predicted octanol–water partition coefficient (Wildman–Crippen LogP) is 0.291. The second-order valence-corrected chi connectivity index (χ2v) is 3.64. The summed E-state index contributed by atoms with van der Waals surface area (Å²) in [6, 6.07) is 0. The largest absolute Gasteiger partial charge is 0.384 e. The second kappa shape index (κ2) is 3.92. The van der Waals surface area contributed by atoms with Gasteiger partial charge in [-0.25, -0.2) is 0 Å². The van der Waals surface area contributed by atoms with Crippen LogP contribution in [0, 0.1) is 11.3 Å². The van der Waals surface area contributed by atoms with E-state index in [9.17, 15) is 0 Å². The van der Waals surface area contributed by atoms with E-state index < -0.39 is 0 Å². The van der Waals surface area contributed by atoms with Gasteiger partial charge in [0.25, 0.3) is 0 Å². The molecule has 2 rings (SSSR count). The maximum atomic E-state index is 5.45. The molecule has 0 aromatic rings. The van der Waals surface area contributed by atoms with Crippen molar-refractivity contribution in [1.82, 2.24) is 5.32 Å². The molecule has 4 heteroatoms. The van der Waals surface area contributed by atoms with Crippen molar-refractivity contribution in [1.29, 1.82) is 0 Å². The van der Waals surface area contributed by atoms with Gasteiger partial charge in [0.2, 0.25) is 0 Å². The third-order valence-electron chi connectivity index (χ3n) is 2.87. The van der Waals surface area contributed by atoms with Crippen molar-refractivity contribution < 1.29 is 9.47 Å². The van der Waals surface area contributed by atoms with Crippen molar-refractivity contribution in [2.45, 2.75) is 0 Å². The van der Waals surface area contributed by atoms with Crippen LogP contribution in [0.1, 0.15) is 0 Å². The highest BCUT2D eigenvalue weighted by Crippen LogP contribution is 2.37. The van der Waals surface area contributed by atoms with E-state index in [0.717, 1.165) is 32.9 Å². The van der Waals surface area contributed by atoms with E-state index in [1.165, 1.54) is 0 Å². The maximum Gasteiger partial charge on any atom is 0.0560 e. The average Bonchev–Trinajstić information content (AvgIpc) is 2.45. The molecule has 0 aliphatic carbocycles. The van der Waals surface area contributed by atoms with E-state index in [1.54, 1.807) is 7.11 Å². The van der Waals surface area contributed by atoms with E-state index in [4.69, 9.17) is 9.47 Å². The van der Waals surface area contributed by atoms with Crippen LogP contribution >= 0.6 is 12.4 Å². The molecule has 72 valence electrons. The first kappa shape index (κ1) is 10.3. The molecular weight excluding hydrogens is 178 g/mol. The van der Waals surface area contributed by atoms with Crippen LogP contribution in [0.15, 0.2) is 0 Å². The van der Waals surface area contributed by atoms with Crippen LogP contribution < -0.4 is 5.32 Å². The van der Waals surface area contributed by atoms with E-state index >= 15 is 0 Å². The molecule has 2 aliphatic rings. The lowest BCUT2D eigenvalue weighted by Gasteiger charge is -2.24. The fraction of sp³-hybridized carbons (Fsp3) is 1.00. The Labute approximate surface area is 79.2 Å². The van der Waals surface area contributed by atoms with Gasteiger partial charge >= 0.3 is 0 Å². The van der Waals surface area contributed by atoms with Crippen molar-refractivity contribution in [2.24, 2.45) is 11.3 Å². The van der Waals surface area contributed by atoms with E-state index in [0.29, 0.717) is 11.3 Å². The standard InChI is InChI=1S/C8H15NO2.ClH/c1-10-5-8-4-9-2-7(8)3-11-6-8;/h7,9H,2-6H2,1H3;1H/t7-,8-;/m1./s1. The SMILES string of the molecule is COC[C@@]12CNC[C@@H]1COC2.Cl. The Morgan fingerprint density at radius 1 is 1.67 bits per heavy atom. The van der Waals surface area contributed by atoms with Crippen LogP contribution in [-0.4, -0.2) is 40.0 Å². The zero-order chi connectivity index (χ0) is 7.73. The van der Waals surface area contributed by atoms with Crippen molar-refractivity contribution in [3.05, 3.63) is 0 Å². The number of hydrogen-bond donors (Lipinski definition) is 1. The molecule has 2 saturated heterocycles. The lowest BCUT2D eigenvalue weighted by Crippen LogP contribution is -2.34. The minimum absolute atomic E-state index is 0. The third-order valence-corrected chi connectivity index (χ3v) is 2.87. The van der Waals surface area contributed by atoms with Crippen LogP contribution in [0.2, 0.25) is 0 Å². The zero-order valence-corrected chi connectivity index (χ0v) is 8.15. The number of halogens is 1. The summed E-state index contributed by atoms with van der Waals surface area (Å²) in [4.78, 5) is 0. The van der Waals surface area contributed by atoms with Crippen molar-refractivity contribution in [3.8, 4) is 0 Å². The van der Waals surface area contributed by atoms with Gasteiger partial charge in [-0.05, 0) is 0 Å². The number of ether oxygens (including phenoxy) is 2. The van der Waals surface area contributed by atoms with Gasteiger partial charge < -0.3 is 14.8 Å². The van der Waals surface area contributed by atoms with Crippen LogP contribution in [0.3, 0.4) is 0 Å². The topological polar surface area (TPSA) is 30.5 Å². The summed E-state index contributed by atoms with van der Waals surface area (Å²) in [6.07, 6.45) is 0. The van der Waals surface area contributed by atoms with Gasteiger partial charge in [-0.2, -0.15) is 0 Å². The number of rotatable bonds is 2. The molecule has 0 aromatic heterocycles. The Morgan fingerprint density at radius 3 is 3.25 bits per heavy atom. The minimum Gasteiger partial charge on any atom is -0.384 e. The lowest BCUT2D eigenvalue weighted by atomic mass is 9.82. The number of fused-ring (bicyclic) bond motifs is 1. The Bertz CT molecular complexity index is 144. The summed E-state index contributed by atoms with van der Waals surface area (Å²) in [5.41, 5.74) is 0.300. The number of nitrogens with one attached hydrogen (secondary N) is 1. The molecule has 0 aromatic carbocycles. The Kier molecular flexibility index (Phi) is 3.35. The fourth-order valence-electron chi connectivity index (χ4n) is 2.16. The van der Waals surface area contributed by atoms with Crippen LogP contribution in [0.25, 0.3) is 0 Å². The van der Waals surface area contributed by atoms with Gasteiger partial charge in [0.1, 0.15) is 0 Å². The van der Waals surface area contributed by atoms with E-state index in [2.05, 4.69) is 5.32 Å². The molecule has 0 bridgehead atoms. The van der Waals surface area contributed by atoms with Gasteiger partial charge in [0.15, 0.2) is 0 Å². The van der Waals surface area contributed by atoms with Crippen molar-refractivity contribution in [3.63, 3.8) is 0 Å². The molecular formula is C8H16ClNO2. The molecule has 0 saturated carbocycles. The van der Waals surface area contributed by atoms with Gasteiger partial charge in [-0.3, -0.25) is 0 Å². The maximum absolute atomic E-state index is 5.45. The Hall–Kier alpha value is 0.170. The molecule has 2 atom stereocenters. The highest BCUT2D eigenvalue weighted by molar-refractivity contribution is 5.85. The highest BCUT2D eigenvalue weighted by Gasteiger charge is 2.47. The van der Waals surface area contributed by atoms with Crippen LogP contribution in [-0.2, 0) is 9.47 Å².